The van der Waals surface area contributed by atoms with Gasteiger partial charge in [0.2, 0.25) is 0 Å². The van der Waals surface area contributed by atoms with E-state index in [1.54, 1.807) is 18.2 Å². The molecule has 13 heteroatoms. The molecular formula is C27H27F3N4O5S. The number of aromatic nitrogens is 2. The van der Waals surface area contributed by atoms with Gasteiger partial charge in [-0.3, -0.25) is 4.72 Å². The SMILES string of the molecule is CC(C)c1ccccc1-c1nc(NS(=O)(=O)c2cccc(NC3CC4(C(=O)O)CCC3O4)n2)ccc1C(F)(F)F. The molecule has 4 heterocycles. The molecule has 40 heavy (non-hydrogen) atoms. The van der Waals surface area contributed by atoms with E-state index in [2.05, 4.69) is 20.0 Å². The summed E-state index contributed by atoms with van der Waals surface area (Å²) in [6.45, 7) is 3.69. The molecule has 0 spiro atoms. The number of alkyl halides is 3. The zero-order valence-electron chi connectivity index (χ0n) is 21.6. The third-order valence-electron chi connectivity index (χ3n) is 7.21. The van der Waals surface area contributed by atoms with Crippen molar-refractivity contribution in [3.05, 3.63) is 65.7 Å². The first kappa shape index (κ1) is 27.8. The Labute approximate surface area is 228 Å². The summed E-state index contributed by atoms with van der Waals surface area (Å²) in [6, 6.07) is 12.2. The first-order valence-electron chi connectivity index (χ1n) is 12.6. The van der Waals surface area contributed by atoms with E-state index in [1.165, 1.54) is 24.3 Å². The lowest BCUT2D eigenvalue weighted by Crippen LogP contribution is -2.39. The highest BCUT2D eigenvalue weighted by Gasteiger charge is 2.57. The second kappa shape index (κ2) is 10.0. The predicted molar refractivity (Wildman–Crippen MR) is 140 cm³/mol. The van der Waals surface area contributed by atoms with Crippen LogP contribution in [-0.4, -0.2) is 47.2 Å². The van der Waals surface area contributed by atoms with Crippen LogP contribution in [0.5, 0.6) is 0 Å². The lowest BCUT2D eigenvalue weighted by atomic mass is 9.85. The molecule has 2 aliphatic heterocycles. The van der Waals surface area contributed by atoms with Crippen molar-refractivity contribution in [2.24, 2.45) is 0 Å². The topological polar surface area (TPSA) is 131 Å². The van der Waals surface area contributed by atoms with Gasteiger partial charge in [-0.25, -0.2) is 14.8 Å². The normalized spacial score (nSPS) is 22.4. The van der Waals surface area contributed by atoms with Crippen LogP contribution >= 0.6 is 0 Å². The van der Waals surface area contributed by atoms with Crippen molar-refractivity contribution in [1.82, 2.24) is 9.97 Å². The highest BCUT2D eigenvalue weighted by Crippen LogP contribution is 2.45. The molecule has 1 aromatic carbocycles. The maximum atomic E-state index is 13.9. The number of nitrogens with one attached hydrogen (secondary N) is 2. The first-order chi connectivity index (χ1) is 18.8. The molecule has 2 fully saturated rings. The minimum absolute atomic E-state index is 0.107. The Morgan fingerprint density at radius 3 is 2.50 bits per heavy atom. The molecule has 2 saturated heterocycles. The molecule has 212 valence electrons. The Hall–Kier alpha value is -3.71. The summed E-state index contributed by atoms with van der Waals surface area (Å²) in [5.74, 6) is -1.25. The number of ether oxygens (including phenoxy) is 1. The Balaban J connectivity index is 1.42. The maximum absolute atomic E-state index is 13.9. The number of carbonyl (C=O) groups is 1. The summed E-state index contributed by atoms with van der Waals surface area (Å²) >= 11 is 0. The van der Waals surface area contributed by atoms with Crippen LogP contribution in [0.25, 0.3) is 11.3 Å². The van der Waals surface area contributed by atoms with Crippen molar-refractivity contribution < 1.29 is 36.2 Å². The molecule has 0 saturated carbocycles. The fourth-order valence-corrected chi connectivity index (χ4v) is 6.25. The minimum Gasteiger partial charge on any atom is -0.479 e. The van der Waals surface area contributed by atoms with Gasteiger partial charge in [0, 0.05) is 12.0 Å². The Kier molecular flexibility index (Phi) is 6.99. The molecule has 9 nitrogen and oxygen atoms in total. The van der Waals surface area contributed by atoms with Crippen LogP contribution in [0.2, 0.25) is 0 Å². The molecule has 0 amide bonds. The smallest absolute Gasteiger partial charge is 0.418 e. The molecule has 2 bridgehead atoms. The van der Waals surface area contributed by atoms with Gasteiger partial charge in [-0.1, -0.05) is 44.2 Å². The number of hydrogen-bond acceptors (Lipinski definition) is 7. The Bertz CT molecular complexity index is 1560. The molecule has 3 unspecified atom stereocenters. The van der Waals surface area contributed by atoms with E-state index in [9.17, 15) is 31.5 Å². The van der Waals surface area contributed by atoms with Crippen LogP contribution in [0.3, 0.4) is 0 Å². The first-order valence-corrected chi connectivity index (χ1v) is 14.1. The number of pyridine rings is 2. The number of anilines is 2. The van der Waals surface area contributed by atoms with Gasteiger partial charge in [-0.15, -0.1) is 0 Å². The summed E-state index contributed by atoms with van der Waals surface area (Å²) in [6.07, 6.45) is -3.90. The van der Waals surface area contributed by atoms with Crippen molar-refractivity contribution >= 4 is 27.6 Å². The molecule has 3 atom stereocenters. The summed E-state index contributed by atoms with van der Waals surface area (Å²) in [5, 5.41) is 12.2. The maximum Gasteiger partial charge on any atom is 0.418 e. The highest BCUT2D eigenvalue weighted by molar-refractivity contribution is 7.92. The summed E-state index contributed by atoms with van der Waals surface area (Å²) in [5.41, 5.74) is -1.74. The van der Waals surface area contributed by atoms with Crippen LogP contribution < -0.4 is 10.0 Å². The van der Waals surface area contributed by atoms with Gasteiger partial charge in [0.25, 0.3) is 10.0 Å². The third kappa shape index (κ3) is 5.22. The molecule has 3 aromatic rings. The van der Waals surface area contributed by atoms with E-state index in [-0.39, 0.29) is 52.4 Å². The highest BCUT2D eigenvalue weighted by atomic mass is 32.2. The minimum atomic E-state index is -4.71. The van der Waals surface area contributed by atoms with Crippen molar-refractivity contribution in [2.75, 3.05) is 10.0 Å². The summed E-state index contributed by atoms with van der Waals surface area (Å²) < 4.78 is 76.0. The van der Waals surface area contributed by atoms with Gasteiger partial charge in [0.1, 0.15) is 11.6 Å². The van der Waals surface area contributed by atoms with E-state index < -0.39 is 33.3 Å². The molecule has 3 N–H and O–H groups in total. The number of sulfonamides is 1. The Morgan fingerprint density at radius 2 is 1.82 bits per heavy atom. The average Bonchev–Trinajstić information content (AvgIpc) is 3.48. The van der Waals surface area contributed by atoms with E-state index in [0.29, 0.717) is 18.4 Å². The van der Waals surface area contributed by atoms with Gasteiger partial charge < -0.3 is 15.2 Å². The van der Waals surface area contributed by atoms with E-state index in [0.717, 1.165) is 12.1 Å². The van der Waals surface area contributed by atoms with Gasteiger partial charge in [-0.2, -0.15) is 21.6 Å². The van der Waals surface area contributed by atoms with Crippen LogP contribution in [0.15, 0.2) is 59.6 Å². The lowest BCUT2D eigenvalue weighted by Gasteiger charge is -2.24. The lowest BCUT2D eigenvalue weighted by molar-refractivity contribution is -0.158. The second-order valence-corrected chi connectivity index (χ2v) is 11.9. The number of carboxylic acid groups (broad SMARTS) is 1. The number of hydrogen-bond donors (Lipinski definition) is 3. The van der Waals surface area contributed by atoms with E-state index in [4.69, 9.17) is 4.74 Å². The monoisotopic (exact) mass is 576 g/mol. The van der Waals surface area contributed by atoms with E-state index in [1.807, 2.05) is 13.8 Å². The summed E-state index contributed by atoms with van der Waals surface area (Å²) in [4.78, 5) is 19.9. The van der Waals surface area contributed by atoms with Gasteiger partial charge in [0.15, 0.2) is 10.6 Å². The number of fused-ring (bicyclic) bond motifs is 2. The van der Waals surface area contributed by atoms with Crippen molar-refractivity contribution in [3.8, 4) is 11.3 Å². The number of nitrogens with zero attached hydrogens (tertiary/aromatic N) is 2. The summed E-state index contributed by atoms with van der Waals surface area (Å²) in [7, 11) is -4.35. The molecule has 5 rings (SSSR count). The number of carboxylic acids is 1. The van der Waals surface area contributed by atoms with Crippen LogP contribution in [-0.2, 0) is 25.7 Å². The number of rotatable bonds is 8. The zero-order chi connectivity index (χ0) is 28.9. The number of aliphatic carboxylic acids is 1. The zero-order valence-corrected chi connectivity index (χ0v) is 22.4. The van der Waals surface area contributed by atoms with Crippen LogP contribution in [0.4, 0.5) is 24.8 Å². The van der Waals surface area contributed by atoms with Gasteiger partial charge in [-0.05, 0) is 48.6 Å². The van der Waals surface area contributed by atoms with E-state index >= 15 is 0 Å². The molecule has 0 aliphatic carbocycles. The van der Waals surface area contributed by atoms with Crippen molar-refractivity contribution in [3.63, 3.8) is 0 Å². The van der Waals surface area contributed by atoms with Crippen LogP contribution in [0, 0.1) is 0 Å². The van der Waals surface area contributed by atoms with Crippen molar-refractivity contribution in [1.29, 1.82) is 0 Å². The fourth-order valence-electron chi connectivity index (χ4n) is 5.28. The molecule has 2 aliphatic rings. The number of halogens is 3. The van der Waals surface area contributed by atoms with Crippen LogP contribution in [0.1, 0.15) is 50.2 Å². The molecular weight excluding hydrogens is 549 g/mol. The predicted octanol–water partition coefficient (Wildman–Crippen LogP) is 5.27. The molecule has 2 aromatic heterocycles. The largest absolute Gasteiger partial charge is 0.479 e. The average molecular weight is 577 g/mol. The van der Waals surface area contributed by atoms with Gasteiger partial charge in [0.05, 0.1) is 23.4 Å². The quantitative estimate of drug-likeness (QED) is 0.331. The van der Waals surface area contributed by atoms with Gasteiger partial charge >= 0.3 is 12.1 Å². The fraction of sp³-hybridized carbons (Fsp3) is 0.370. The number of benzene rings is 1. The standard InChI is InChI=1S/C27H27F3N4O5S/c1-15(2)16-6-3-4-7-17(16)24-18(27(28,29)30)10-11-22(33-24)34-40(37,38)23-9-5-8-21(32-23)31-19-14-26(25(35)36)13-12-20(19)39-26/h3-11,15,19-20H,12-14H2,1-2H3,(H,31,32)(H,33,34)(H,35,36). The Morgan fingerprint density at radius 1 is 1.07 bits per heavy atom. The molecule has 0 radical (unpaired) electrons. The third-order valence-corrected chi connectivity index (χ3v) is 8.46. The second-order valence-electron chi connectivity index (χ2n) is 10.2. The van der Waals surface area contributed by atoms with Crippen molar-refractivity contribution in [2.45, 2.75) is 68.0 Å².